The van der Waals surface area contributed by atoms with Crippen LogP contribution in [0.5, 0.6) is 0 Å². The predicted octanol–water partition coefficient (Wildman–Crippen LogP) is 4.14. The van der Waals surface area contributed by atoms with Crippen LogP contribution in [0.15, 0.2) is 0 Å². The summed E-state index contributed by atoms with van der Waals surface area (Å²) in [4.78, 5) is 15.9. The second-order valence-corrected chi connectivity index (χ2v) is 10.9. The largest absolute Gasteiger partial charge is 0.303 e. The third-order valence-corrected chi connectivity index (χ3v) is 10.9. The summed E-state index contributed by atoms with van der Waals surface area (Å²) in [6.07, 6.45) is 10.6. The van der Waals surface area contributed by atoms with E-state index in [1.165, 1.54) is 51.5 Å². The molecule has 0 radical (unpaired) electrons. The summed E-state index contributed by atoms with van der Waals surface area (Å²) in [6.45, 7) is 6.32. The number of nitrogens with zero attached hydrogens (tertiary/aromatic N) is 1. The Bertz CT molecular complexity index is 629. The Morgan fingerprint density at radius 3 is 2.62 bits per heavy atom. The molecule has 0 bridgehead atoms. The van der Waals surface area contributed by atoms with Crippen molar-refractivity contribution in [1.29, 1.82) is 0 Å². The normalized spacial score (nSPS) is 64.2. The maximum Gasteiger partial charge on any atom is 0.140 e. The fourth-order valence-corrected chi connectivity index (χ4v) is 9.81. The highest BCUT2D eigenvalue weighted by molar-refractivity contribution is 5.91. The van der Waals surface area contributed by atoms with Gasteiger partial charge in [-0.15, -0.1) is 0 Å². The van der Waals surface area contributed by atoms with Crippen LogP contribution in [-0.2, 0) is 4.79 Å². The maximum absolute atomic E-state index is 13.3. The second kappa shape index (κ2) is 4.13. The Balaban J connectivity index is 1.41. The van der Waals surface area contributed by atoms with Crippen molar-refractivity contribution in [2.45, 2.75) is 71.3 Å². The van der Waals surface area contributed by atoms with E-state index in [-0.39, 0.29) is 5.41 Å². The minimum atomic E-state index is 0.163. The minimum absolute atomic E-state index is 0.163. The molecule has 0 aromatic heterocycles. The predicted molar refractivity (Wildman–Crippen MR) is 94.5 cm³/mol. The van der Waals surface area contributed by atoms with Crippen molar-refractivity contribution in [1.82, 2.24) is 4.90 Å². The second-order valence-electron chi connectivity index (χ2n) is 10.9. The van der Waals surface area contributed by atoms with Gasteiger partial charge in [0.15, 0.2) is 0 Å². The Hall–Kier alpha value is -0.370. The molecule has 0 aromatic rings. The van der Waals surface area contributed by atoms with Crippen LogP contribution in [0.3, 0.4) is 0 Å². The van der Waals surface area contributed by atoms with Crippen LogP contribution < -0.4 is 0 Å². The van der Waals surface area contributed by atoms with Crippen molar-refractivity contribution in [3.63, 3.8) is 0 Å². The number of hydrogen-bond donors (Lipinski definition) is 0. The maximum atomic E-state index is 13.3. The first-order chi connectivity index (χ1) is 11.4. The highest BCUT2D eigenvalue weighted by Crippen LogP contribution is 2.80. The van der Waals surface area contributed by atoms with Crippen LogP contribution in [0.25, 0.3) is 0 Å². The van der Waals surface area contributed by atoms with Crippen molar-refractivity contribution in [2.24, 2.45) is 45.8 Å². The van der Waals surface area contributed by atoms with Gasteiger partial charge in [0, 0.05) is 24.4 Å². The van der Waals surface area contributed by atoms with E-state index < -0.39 is 0 Å². The summed E-state index contributed by atoms with van der Waals surface area (Å²) < 4.78 is 0. The third kappa shape index (κ3) is 1.32. The van der Waals surface area contributed by atoms with E-state index in [2.05, 4.69) is 25.8 Å². The van der Waals surface area contributed by atoms with Crippen molar-refractivity contribution in [2.75, 3.05) is 13.6 Å². The summed E-state index contributed by atoms with van der Waals surface area (Å²) >= 11 is 0. The van der Waals surface area contributed by atoms with E-state index in [1.54, 1.807) is 0 Å². The summed E-state index contributed by atoms with van der Waals surface area (Å²) in [5, 5.41) is 0. The fourth-order valence-electron chi connectivity index (χ4n) is 9.81. The molecule has 1 heterocycles. The molecule has 132 valence electrons. The molecule has 6 fully saturated rings. The molecule has 1 aliphatic heterocycles. The van der Waals surface area contributed by atoms with E-state index in [0.29, 0.717) is 16.6 Å². The molecular weight excluding hydrogens is 294 g/mol. The van der Waals surface area contributed by atoms with Gasteiger partial charge >= 0.3 is 0 Å². The number of fused-ring (bicyclic) bond motifs is 3. The average Bonchev–Trinajstić information content (AvgIpc) is 2.96. The van der Waals surface area contributed by atoms with Crippen molar-refractivity contribution in [3.05, 3.63) is 0 Å². The van der Waals surface area contributed by atoms with Crippen LogP contribution in [0.4, 0.5) is 0 Å². The number of hydrogen-bond acceptors (Lipinski definition) is 2. The number of ketones is 1. The highest BCUT2D eigenvalue weighted by atomic mass is 16.1. The molecule has 2 spiro atoms. The van der Waals surface area contributed by atoms with Gasteiger partial charge in [-0.1, -0.05) is 6.92 Å². The van der Waals surface area contributed by atoms with E-state index in [1.807, 2.05) is 0 Å². The molecule has 1 saturated heterocycles. The summed E-state index contributed by atoms with van der Waals surface area (Å²) in [5.41, 5.74) is 1.10. The van der Waals surface area contributed by atoms with Gasteiger partial charge < -0.3 is 4.90 Å². The lowest BCUT2D eigenvalue weighted by Crippen LogP contribution is -2.56. The first-order valence-electron chi connectivity index (χ1n) is 10.7. The Morgan fingerprint density at radius 1 is 1.04 bits per heavy atom. The van der Waals surface area contributed by atoms with E-state index >= 15 is 0 Å². The molecule has 2 heteroatoms. The SMILES string of the molecule is C[C@@H]1[C@H]2CC[C@H]3[C@@H]4CC(=O)[C@]56C[C@H]5CC[C@]6(C)[C@H]4CC[C@]23CN1C. The first kappa shape index (κ1) is 14.8. The molecule has 9 atom stereocenters. The van der Waals surface area contributed by atoms with Gasteiger partial charge in [-0.05, 0) is 99.3 Å². The molecule has 2 nitrogen and oxygen atoms in total. The van der Waals surface area contributed by atoms with Gasteiger partial charge in [0.25, 0.3) is 0 Å². The van der Waals surface area contributed by atoms with Crippen LogP contribution in [0.2, 0.25) is 0 Å². The van der Waals surface area contributed by atoms with Crippen LogP contribution in [0.1, 0.15) is 65.2 Å². The number of carbonyl (C=O) groups excluding carboxylic acids is 1. The zero-order chi connectivity index (χ0) is 16.5. The van der Waals surface area contributed by atoms with Gasteiger partial charge in [0.05, 0.1) is 0 Å². The summed E-state index contributed by atoms with van der Waals surface area (Å²) in [5.74, 6) is 4.83. The monoisotopic (exact) mass is 327 g/mol. The molecule has 5 aliphatic carbocycles. The van der Waals surface area contributed by atoms with Gasteiger partial charge in [-0.3, -0.25) is 4.79 Å². The first-order valence-corrected chi connectivity index (χ1v) is 10.7. The number of rotatable bonds is 0. The average molecular weight is 328 g/mol. The van der Waals surface area contributed by atoms with E-state index in [0.717, 1.165) is 42.1 Å². The van der Waals surface area contributed by atoms with E-state index in [9.17, 15) is 4.79 Å². The van der Waals surface area contributed by atoms with Crippen molar-refractivity contribution < 1.29 is 4.79 Å². The Kier molecular flexibility index (Phi) is 2.54. The van der Waals surface area contributed by atoms with Gasteiger partial charge in [0.1, 0.15) is 5.78 Å². The van der Waals surface area contributed by atoms with Gasteiger partial charge in [0.2, 0.25) is 0 Å². The Morgan fingerprint density at radius 2 is 1.83 bits per heavy atom. The standard InChI is InChI=1S/C22H33NO/c1-13-16-4-5-18-15-10-19(24)22-11-14(22)6-8-20(22,2)17(15)7-9-21(16,18)12-23(13)3/h13-18H,4-12H2,1-3H3/t13-,14-,15-,16-,17+,18+,20-,21+,22+/m1/s1. The molecule has 5 saturated carbocycles. The van der Waals surface area contributed by atoms with Crippen LogP contribution >= 0.6 is 0 Å². The zero-order valence-electron chi connectivity index (χ0n) is 15.7. The molecule has 0 N–H and O–H groups in total. The molecule has 0 aromatic carbocycles. The van der Waals surface area contributed by atoms with Crippen LogP contribution in [0, 0.1) is 45.8 Å². The van der Waals surface area contributed by atoms with Crippen molar-refractivity contribution in [3.8, 4) is 0 Å². The molecule has 6 aliphatic rings. The minimum Gasteiger partial charge on any atom is -0.303 e. The number of carbonyl (C=O) groups is 1. The topological polar surface area (TPSA) is 20.3 Å². The molecule has 24 heavy (non-hydrogen) atoms. The lowest BCUT2D eigenvalue weighted by atomic mass is 9.46. The van der Waals surface area contributed by atoms with Crippen LogP contribution in [-0.4, -0.2) is 30.3 Å². The van der Waals surface area contributed by atoms with Gasteiger partial charge in [-0.25, -0.2) is 0 Å². The fraction of sp³-hybridized carbons (Fsp3) is 0.955. The number of likely N-dealkylation sites (tertiary alicyclic amines) is 1. The quantitative estimate of drug-likeness (QED) is 0.666. The third-order valence-electron chi connectivity index (χ3n) is 10.9. The Labute approximate surface area is 146 Å². The zero-order valence-corrected chi connectivity index (χ0v) is 15.7. The molecule has 0 amide bonds. The smallest absolute Gasteiger partial charge is 0.140 e. The highest BCUT2D eigenvalue weighted by Gasteiger charge is 2.78. The molecular formula is C22H33NO. The lowest BCUT2D eigenvalue weighted by molar-refractivity contribution is -0.150. The van der Waals surface area contributed by atoms with Crippen molar-refractivity contribution >= 4 is 5.78 Å². The summed E-state index contributed by atoms with van der Waals surface area (Å²) in [6, 6.07) is 0.757. The van der Waals surface area contributed by atoms with E-state index in [4.69, 9.17) is 0 Å². The molecule has 0 unspecified atom stereocenters. The van der Waals surface area contributed by atoms with Gasteiger partial charge in [-0.2, -0.15) is 0 Å². The number of Topliss-reactive ketones (excluding diaryl/α,β-unsaturated/α-hetero) is 1. The lowest BCUT2D eigenvalue weighted by Gasteiger charge is -2.58. The molecule has 6 rings (SSSR count). The summed E-state index contributed by atoms with van der Waals surface area (Å²) in [7, 11) is 2.34.